The minimum absolute atomic E-state index is 0.213. The number of aliphatic carboxylic acids is 1. The maximum Gasteiger partial charge on any atom is 0.307 e. The number of carboxylic acid groups (broad SMARTS) is 1. The van der Waals surface area contributed by atoms with Crippen LogP contribution in [-0.2, 0) is 9.59 Å². The van der Waals surface area contributed by atoms with Crippen LogP contribution in [0.1, 0.15) is 20.8 Å². The third-order valence-corrected chi connectivity index (χ3v) is 2.90. The van der Waals surface area contributed by atoms with Gasteiger partial charge in [-0.25, -0.2) is 0 Å². The van der Waals surface area contributed by atoms with Crippen molar-refractivity contribution in [2.45, 2.75) is 20.8 Å². The molecular formula is C11H15NO3. The van der Waals surface area contributed by atoms with Crippen LogP contribution in [0.5, 0.6) is 0 Å². The Bertz CT molecular complexity index is 349. The van der Waals surface area contributed by atoms with Gasteiger partial charge in [-0.1, -0.05) is 19.8 Å². The molecule has 15 heavy (non-hydrogen) atoms. The molecular weight excluding hydrogens is 194 g/mol. The number of amides is 1. The maximum atomic E-state index is 11.6. The largest absolute Gasteiger partial charge is 0.481 e. The molecule has 1 rings (SSSR count). The third-order valence-electron chi connectivity index (χ3n) is 2.90. The fourth-order valence-electron chi connectivity index (χ4n) is 1.92. The number of rotatable bonds is 3. The molecule has 1 saturated carbocycles. The zero-order valence-electron chi connectivity index (χ0n) is 9.13. The van der Waals surface area contributed by atoms with Crippen LogP contribution in [0.4, 0.5) is 0 Å². The Morgan fingerprint density at radius 3 is 2.40 bits per heavy atom. The van der Waals surface area contributed by atoms with E-state index < -0.39 is 23.2 Å². The van der Waals surface area contributed by atoms with Crippen LogP contribution < -0.4 is 5.32 Å². The first kappa shape index (κ1) is 11.6. The third kappa shape index (κ3) is 2.12. The highest BCUT2D eigenvalue weighted by atomic mass is 16.4. The molecule has 82 valence electrons. The van der Waals surface area contributed by atoms with Crippen LogP contribution >= 0.6 is 0 Å². The number of hydrogen-bond acceptors (Lipinski definition) is 2. The van der Waals surface area contributed by atoms with Gasteiger partial charge in [-0.2, -0.15) is 0 Å². The fourth-order valence-corrected chi connectivity index (χ4v) is 1.92. The standard InChI is InChI=1S/C11H15NO3/c1-4-5-6-12-9(13)7-8(10(14)15)11(7,2)3/h7-8H,6H2,1-3H3,(H,12,13)(H,14,15)/t7-,8+/m1/s1. The van der Waals surface area contributed by atoms with Crippen molar-refractivity contribution >= 4 is 11.9 Å². The summed E-state index contributed by atoms with van der Waals surface area (Å²) in [5.74, 6) is 3.26. The molecule has 0 unspecified atom stereocenters. The van der Waals surface area contributed by atoms with Gasteiger partial charge in [-0.3, -0.25) is 9.59 Å². The summed E-state index contributed by atoms with van der Waals surface area (Å²) in [5, 5.41) is 11.5. The highest BCUT2D eigenvalue weighted by Crippen LogP contribution is 2.58. The Morgan fingerprint density at radius 1 is 1.40 bits per heavy atom. The average Bonchev–Trinajstić information content (AvgIpc) is 2.69. The SMILES string of the molecule is CC#CCNC(=O)[C@H]1[C@@H](C(=O)O)C1(C)C. The van der Waals surface area contributed by atoms with Gasteiger partial charge in [0.2, 0.25) is 5.91 Å². The number of nitrogens with one attached hydrogen (secondary N) is 1. The van der Waals surface area contributed by atoms with E-state index in [0.29, 0.717) is 0 Å². The minimum atomic E-state index is -0.901. The molecule has 4 heteroatoms. The predicted octanol–water partition coefficient (Wildman–Crippen LogP) is 0.483. The summed E-state index contributed by atoms with van der Waals surface area (Å²) in [6.07, 6.45) is 0. The molecule has 2 N–H and O–H groups in total. The molecule has 1 fully saturated rings. The van der Waals surface area contributed by atoms with Crippen LogP contribution in [0.3, 0.4) is 0 Å². The monoisotopic (exact) mass is 209 g/mol. The van der Waals surface area contributed by atoms with E-state index in [-0.39, 0.29) is 12.5 Å². The lowest BCUT2D eigenvalue weighted by Gasteiger charge is -2.01. The predicted molar refractivity (Wildman–Crippen MR) is 54.9 cm³/mol. The Kier molecular flexibility index (Phi) is 3.04. The van der Waals surface area contributed by atoms with Crippen LogP contribution in [0.2, 0.25) is 0 Å². The van der Waals surface area contributed by atoms with Crippen molar-refractivity contribution in [1.82, 2.24) is 5.32 Å². The van der Waals surface area contributed by atoms with E-state index >= 15 is 0 Å². The molecule has 2 atom stereocenters. The lowest BCUT2D eigenvalue weighted by molar-refractivity contribution is -0.140. The van der Waals surface area contributed by atoms with E-state index in [1.807, 2.05) is 0 Å². The van der Waals surface area contributed by atoms with E-state index in [0.717, 1.165) is 0 Å². The summed E-state index contributed by atoms with van der Waals surface area (Å²) < 4.78 is 0. The highest BCUT2D eigenvalue weighted by molar-refractivity contribution is 5.91. The van der Waals surface area contributed by atoms with E-state index in [4.69, 9.17) is 5.11 Å². The molecule has 0 bridgehead atoms. The van der Waals surface area contributed by atoms with Gasteiger partial charge in [0.25, 0.3) is 0 Å². The Morgan fingerprint density at radius 2 is 2.00 bits per heavy atom. The smallest absolute Gasteiger partial charge is 0.307 e. The van der Waals surface area contributed by atoms with Crippen LogP contribution in [0, 0.1) is 29.1 Å². The summed E-state index contributed by atoms with van der Waals surface area (Å²) in [6.45, 7) is 5.56. The van der Waals surface area contributed by atoms with Crippen LogP contribution in [-0.4, -0.2) is 23.5 Å². The van der Waals surface area contributed by atoms with Crippen molar-refractivity contribution in [3.05, 3.63) is 0 Å². The Hall–Kier alpha value is -1.50. The van der Waals surface area contributed by atoms with Crippen molar-refractivity contribution in [1.29, 1.82) is 0 Å². The van der Waals surface area contributed by atoms with Crippen molar-refractivity contribution in [3.8, 4) is 11.8 Å². The maximum absolute atomic E-state index is 11.6. The Balaban J connectivity index is 2.55. The highest BCUT2D eigenvalue weighted by Gasteiger charge is 2.65. The molecule has 0 aromatic rings. The first-order chi connectivity index (χ1) is 6.92. The number of carboxylic acids is 1. The van der Waals surface area contributed by atoms with Gasteiger partial charge >= 0.3 is 5.97 Å². The zero-order chi connectivity index (χ0) is 11.6. The second-order valence-electron chi connectivity index (χ2n) is 4.26. The van der Waals surface area contributed by atoms with Gasteiger partial charge in [-0.05, 0) is 12.3 Å². The number of carbonyl (C=O) groups is 2. The van der Waals surface area contributed by atoms with Crippen molar-refractivity contribution in [2.24, 2.45) is 17.3 Å². The summed E-state index contributed by atoms with van der Waals surface area (Å²) in [5.41, 5.74) is -0.435. The minimum Gasteiger partial charge on any atom is -0.481 e. The zero-order valence-corrected chi connectivity index (χ0v) is 9.13. The van der Waals surface area contributed by atoms with Crippen molar-refractivity contribution in [2.75, 3.05) is 6.54 Å². The second-order valence-corrected chi connectivity index (χ2v) is 4.26. The fraction of sp³-hybridized carbons (Fsp3) is 0.636. The van der Waals surface area contributed by atoms with Gasteiger partial charge in [0.15, 0.2) is 0 Å². The molecule has 0 saturated heterocycles. The number of hydrogen-bond donors (Lipinski definition) is 2. The van der Waals surface area contributed by atoms with Crippen LogP contribution in [0.25, 0.3) is 0 Å². The number of carbonyl (C=O) groups excluding carboxylic acids is 1. The molecule has 0 spiro atoms. The molecule has 0 heterocycles. The summed E-state index contributed by atoms with van der Waals surface area (Å²) in [6, 6.07) is 0. The molecule has 0 aliphatic heterocycles. The molecule has 1 aliphatic rings. The molecule has 0 aromatic carbocycles. The lowest BCUT2D eigenvalue weighted by atomic mass is 10.1. The normalized spacial score (nSPS) is 26.1. The van der Waals surface area contributed by atoms with Crippen molar-refractivity contribution < 1.29 is 14.7 Å². The van der Waals surface area contributed by atoms with Gasteiger partial charge in [0, 0.05) is 0 Å². The first-order valence-electron chi connectivity index (χ1n) is 4.83. The molecule has 1 aliphatic carbocycles. The average molecular weight is 209 g/mol. The quantitative estimate of drug-likeness (QED) is 0.664. The second kappa shape index (κ2) is 3.93. The molecule has 4 nitrogen and oxygen atoms in total. The summed E-state index contributed by atoms with van der Waals surface area (Å²) >= 11 is 0. The lowest BCUT2D eigenvalue weighted by Crippen LogP contribution is -2.27. The van der Waals surface area contributed by atoms with E-state index in [1.54, 1.807) is 20.8 Å². The van der Waals surface area contributed by atoms with Gasteiger partial charge < -0.3 is 10.4 Å². The van der Waals surface area contributed by atoms with E-state index in [9.17, 15) is 9.59 Å². The molecule has 0 aromatic heterocycles. The van der Waals surface area contributed by atoms with Crippen LogP contribution in [0.15, 0.2) is 0 Å². The topological polar surface area (TPSA) is 66.4 Å². The van der Waals surface area contributed by atoms with E-state index in [1.165, 1.54) is 0 Å². The van der Waals surface area contributed by atoms with Crippen molar-refractivity contribution in [3.63, 3.8) is 0 Å². The van der Waals surface area contributed by atoms with Gasteiger partial charge in [0.1, 0.15) is 0 Å². The molecule has 1 amide bonds. The first-order valence-corrected chi connectivity index (χ1v) is 4.83. The Labute approximate surface area is 89.0 Å². The summed E-state index contributed by atoms with van der Waals surface area (Å²) in [4.78, 5) is 22.4. The molecule has 0 radical (unpaired) electrons. The van der Waals surface area contributed by atoms with E-state index in [2.05, 4.69) is 17.2 Å². The van der Waals surface area contributed by atoms with Gasteiger partial charge in [0.05, 0.1) is 18.4 Å². The van der Waals surface area contributed by atoms with Gasteiger partial charge in [-0.15, -0.1) is 5.92 Å². The summed E-state index contributed by atoms with van der Waals surface area (Å²) in [7, 11) is 0.